The molecule has 0 saturated carbocycles. The van der Waals surface area contributed by atoms with E-state index in [0.717, 1.165) is 10.6 Å². The van der Waals surface area contributed by atoms with Gasteiger partial charge in [0.1, 0.15) is 0 Å². The number of benzene rings is 1. The maximum atomic E-state index is 11.7. The Labute approximate surface area is 131 Å². The molecule has 0 aliphatic rings. The molecule has 0 saturated heterocycles. The van der Waals surface area contributed by atoms with Crippen molar-refractivity contribution in [2.24, 2.45) is 10.7 Å². The number of guanidine groups is 1. The van der Waals surface area contributed by atoms with Crippen molar-refractivity contribution in [3.8, 4) is 0 Å². The minimum atomic E-state index is -0.483. The molecular formula is C13H14ClN5OS. The molecule has 0 fully saturated rings. The Morgan fingerprint density at radius 1 is 1.33 bits per heavy atom. The van der Waals surface area contributed by atoms with Crippen molar-refractivity contribution >= 4 is 45.7 Å². The number of hydrogen-bond acceptors (Lipinski definition) is 4. The number of anilines is 1. The molecule has 0 spiro atoms. The summed E-state index contributed by atoms with van der Waals surface area (Å²) in [5, 5.41) is 6.15. The van der Waals surface area contributed by atoms with Crippen LogP contribution in [-0.2, 0) is 0 Å². The number of carbonyl (C=O) groups is 1. The third-order valence-corrected chi connectivity index (χ3v) is 3.80. The van der Waals surface area contributed by atoms with Crippen molar-refractivity contribution in [1.29, 1.82) is 0 Å². The topological polar surface area (TPSA) is 92.4 Å². The number of halogens is 1. The molecule has 8 heteroatoms. The summed E-state index contributed by atoms with van der Waals surface area (Å²) in [5.74, 6) is -0.0183. The number of nitrogens with zero attached hydrogens (tertiary/aromatic N) is 2. The zero-order chi connectivity index (χ0) is 15.4. The number of nitrogens with one attached hydrogen (secondary N) is 2. The first kappa shape index (κ1) is 15.3. The highest BCUT2D eigenvalue weighted by Gasteiger charge is 2.06. The highest BCUT2D eigenvalue weighted by Crippen LogP contribution is 2.23. The lowest BCUT2D eigenvalue weighted by Gasteiger charge is -2.06. The van der Waals surface area contributed by atoms with Crippen molar-refractivity contribution in [3.63, 3.8) is 0 Å². The Morgan fingerprint density at radius 2 is 2.00 bits per heavy atom. The normalized spacial score (nSPS) is 11.3. The van der Waals surface area contributed by atoms with Crippen LogP contribution in [0.4, 0.5) is 15.6 Å². The van der Waals surface area contributed by atoms with Gasteiger partial charge in [0.25, 0.3) is 0 Å². The zero-order valence-electron chi connectivity index (χ0n) is 11.5. The van der Waals surface area contributed by atoms with Crippen LogP contribution in [0.15, 0.2) is 29.3 Å². The number of carbonyl (C=O) groups excluding carboxylic acids is 1. The van der Waals surface area contributed by atoms with E-state index in [1.165, 1.54) is 11.3 Å². The van der Waals surface area contributed by atoms with E-state index in [-0.39, 0.29) is 5.96 Å². The van der Waals surface area contributed by atoms with Gasteiger partial charge in [0, 0.05) is 15.6 Å². The number of amides is 2. The van der Waals surface area contributed by atoms with Crippen LogP contribution in [0, 0.1) is 13.8 Å². The average Bonchev–Trinajstić information content (AvgIpc) is 2.70. The summed E-state index contributed by atoms with van der Waals surface area (Å²) in [5.41, 5.74) is 7.17. The molecule has 0 unspecified atom stereocenters. The van der Waals surface area contributed by atoms with Crippen LogP contribution in [0.3, 0.4) is 0 Å². The van der Waals surface area contributed by atoms with Crippen LogP contribution in [0.1, 0.15) is 10.6 Å². The second-order valence-corrected chi connectivity index (χ2v) is 5.84. The zero-order valence-corrected chi connectivity index (χ0v) is 13.0. The summed E-state index contributed by atoms with van der Waals surface area (Å²) < 4.78 is 0. The summed E-state index contributed by atoms with van der Waals surface area (Å²) >= 11 is 7.17. The van der Waals surface area contributed by atoms with Gasteiger partial charge < -0.3 is 11.1 Å². The lowest BCUT2D eigenvalue weighted by molar-refractivity contribution is 0.256. The lowest BCUT2D eigenvalue weighted by Crippen LogP contribution is -2.39. The van der Waals surface area contributed by atoms with Gasteiger partial charge in [-0.05, 0) is 38.1 Å². The second kappa shape index (κ2) is 6.55. The predicted molar refractivity (Wildman–Crippen MR) is 86.5 cm³/mol. The fourth-order valence-electron chi connectivity index (χ4n) is 1.45. The number of urea groups is 1. The van der Waals surface area contributed by atoms with Crippen molar-refractivity contribution < 1.29 is 4.79 Å². The van der Waals surface area contributed by atoms with Crippen LogP contribution in [-0.4, -0.2) is 17.0 Å². The smallest absolute Gasteiger partial charge is 0.325 e. The summed E-state index contributed by atoms with van der Waals surface area (Å²) in [6.45, 7) is 3.84. The summed E-state index contributed by atoms with van der Waals surface area (Å²) in [4.78, 5) is 21.1. The number of hydrogen-bond donors (Lipinski definition) is 3. The fraction of sp³-hybridized carbons (Fsp3) is 0.154. The van der Waals surface area contributed by atoms with Gasteiger partial charge in [0.15, 0.2) is 0 Å². The van der Waals surface area contributed by atoms with E-state index < -0.39 is 6.03 Å². The Balaban J connectivity index is 1.97. The summed E-state index contributed by atoms with van der Waals surface area (Å²) in [6.07, 6.45) is 0. The van der Waals surface area contributed by atoms with E-state index in [0.29, 0.717) is 15.8 Å². The lowest BCUT2D eigenvalue weighted by atomic mass is 10.3. The van der Waals surface area contributed by atoms with Crippen LogP contribution >= 0.6 is 22.9 Å². The van der Waals surface area contributed by atoms with Gasteiger partial charge in [-0.2, -0.15) is 4.99 Å². The Hall–Kier alpha value is -2.12. The van der Waals surface area contributed by atoms with Crippen LogP contribution in [0.25, 0.3) is 0 Å². The first-order chi connectivity index (χ1) is 9.94. The van der Waals surface area contributed by atoms with E-state index in [1.807, 2.05) is 13.8 Å². The van der Waals surface area contributed by atoms with Crippen molar-refractivity contribution in [2.45, 2.75) is 13.8 Å². The van der Waals surface area contributed by atoms with Gasteiger partial charge in [-0.3, -0.25) is 5.32 Å². The molecule has 0 aliphatic heterocycles. The van der Waals surface area contributed by atoms with E-state index in [9.17, 15) is 4.79 Å². The van der Waals surface area contributed by atoms with Crippen LogP contribution < -0.4 is 16.4 Å². The molecule has 0 aliphatic carbocycles. The Morgan fingerprint density at radius 3 is 2.57 bits per heavy atom. The number of aliphatic imine (C=N–C) groups is 1. The molecule has 21 heavy (non-hydrogen) atoms. The third-order valence-electron chi connectivity index (χ3n) is 2.58. The molecule has 6 nitrogen and oxygen atoms in total. The average molecular weight is 324 g/mol. The van der Waals surface area contributed by atoms with Crippen LogP contribution in [0.5, 0.6) is 0 Å². The number of nitrogens with two attached hydrogens (primary N) is 1. The third kappa shape index (κ3) is 4.44. The molecule has 2 amide bonds. The molecule has 0 radical (unpaired) electrons. The quantitative estimate of drug-likeness (QED) is 0.585. The highest BCUT2D eigenvalue weighted by atomic mass is 35.5. The fourth-order valence-corrected chi connectivity index (χ4v) is 2.37. The number of thiazole rings is 1. The van der Waals surface area contributed by atoms with Gasteiger partial charge in [-0.1, -0.05) is 22.9 Å². The van der Waals surface area contributed by atoms with E-state index in [4.69, 9.17) is 17.3 Å². The maximum absolute atomic E-state index is 11.7. The molecule has 2 rings (SSSR count). The highest BCUT2D eigenvalue weighted by molar-refractivity contribution is 7.15. The molecule has 1 aromatic carbocycles. The number of rotatable bonds is 2. The number of aromatic nitrogens is 1. The standard InChI is InChI=1S/C13H14ClN5OS/c1-7-8(2)21-13(16-7)19-11(15)18-12(20)17-10-5-3-9(14)4-6-10/h3-6H,1-2H3,(H4,15,16,17,18,19,20). The Bertz CT molecular complexity index is 661. The summed E-state index contributed by atoms with van der Waals surface area (Å²) in [6, 6.07) is 6.24. The van der Waals surface area contributed by atoms with Crippen molar-refractivity contribution in [3.05, 3.63) is 39.9 Å². The molecule has 2 aromatic rings. The Kier molecular flexibility index (Phi) is 4.77. The molecular weight excluding hydrogens is 310 g/mol. The van der Waals surface area contributed by atoms with Crippen LogP contribution in [0.2, 0.25) is 5.02 Å². The number of aryl methyl sites for hydroxylation is 2. The summed E-state index contributed by atoms with van der Waals surface area (Å²) in [7, 11) is 0. The van der Waals surface area contributed by atoms with Crippen molar-refractivity contribution in [1.82, 2.24) is 10.3 Å². The van der Waals surface area contributed by atoms with Gasteiger partial charge in [0.2, 0.25) is 11.1 Å². The van der Waals surface area contributed by atoms with Crippen molar-refractivity contribution in [2.75, 3.05) is 5.32 Å². The largest absolute Gasteiger partial charge is 0.369 e. The molecule has 4 N–H and O–H groups in total. The molecule has 1 heterocycles. The van der Waals surface area contributed by atoms with E-state index in [2.05, 4.69) is 20.6 Å². The van der Waals surface area contributed by atoms with Gasteiger partial charge in [0.05, 0.1) is 5.69 Å². The predicted octanol–water partition coefficient (Wildman–Crippen LogP) is 3.18. The molecule has 0 bridgehead atoms. The van der Waals surface area contributed by atoms with Gasteiger partial charge in [-0.25, -0.2) is 9.78 Å². The maximum Gasteiger partial charge on any atom is 0.325 e. The molecule has 110 valence electrons. The minimum Gasteiger partial charge on any atom is -0.369 e. The SMILES string of the molecule is Cc1nc(N=C(N)NC(=O)Nc2ccc(Cl)cc2)sc1C. The first-order valence-electron chi connectivity index (χ1n) is 6.06. The minimum absolute atomic E-state index is 0.0183. The second-order valence-electron chi connectivity index (χ2n) is 4.22. The van der Waals surface area contributed by atoms with Gasteiger partial charge >= 0.3 is 6.03 Å². The molecule has 1 aromatic heterocycles. The molecule has 0 atom stereocenters. The monoisotopic (exact) mass is 323 g/mol. The first-order valence-corrected chi connectivity index (χ1v) is 7.25. The van der Waals surface area contributed by atoms with E-state index in [1.54, 1.807) is 24.3 Å². The van der Waals surface area contributed by atoms with E-state index >= 15 is 0 Å². The van der Waals surface area contributed by atoms with Gasteiger partial charge in [-0.15, -0.1) is 0 Å².